The van der Waals surface area contributed by atoms with Gasteiger partial charge in [0.15, 0.2) is 0 Å². The van der Waals surface area contributed by atoms with E-state index in [0.717, 1.165) is 25.7 Å². The minimum atomic E-state index is -0.367. The van der Waals surface area contributed by atoms with Gasteiger partial charge in [-0.2, -0.15) is 0 Å². The Labute approximate surface area is 118 Å². The summed E-state index contributed by atoms with van der Waals surface area (Å²) >= 11 is 0. The lowest BCUT2D eigenvalue weighted by Crippen LogP contribution is -2.60. The van der Waals surface area contributed by atoms with Gasteiger partial charge in [0.25, 0.3) is 0 Å². The smallest absolute Gasteiger partial charge is 0.311 e. The van der Waals surface area contributed by atoms with Crippen LogP contribution in [0, 0.1) is 5.41 Å². The second-order valence-electron chi connectivity index (χ2n) is 7.96. The first-order chi connectivity index (χ1) is 8.47. The average Bonchev–Trinajstić information content (AvgIpc) is 2.11. The highest BCUT2D eigenvalue weighted by Gasteiger charge is 2.41. The molecule has 0 aliphatic carbocycles. The third-order valence-corrected chi connectivity index (χ3v) is 3.85. The summed E-state index contributed by atoms with van der Waals surface area (Å²) in [6.45, 7) is 14.8. The number of hydrogen-bond acceptors (Lipinski definition) is 3. The van der Waals surface area contributed by atoms with Gasteiger partial charge in [-0.15, -0.1) is 0 Å². The third kappa shape index (κ3) is 4.79. The van der Waals surface area contributed by atoms with E-state index in [1.54, 1.807) is 0 Å². The molecule has 1 rings (SSSR count). The van der Waals surface area contributed by atoms with Gasteiger partial charge in [-0.1, -0.05) is 13.3 Å². The summed E-state index contributed by atoms with van der Waals surface area (Å²) in [6, 6.07) is 0. The van der Waals surface area contributed by atoms with Gasteiger partial charge in [0.2, 0.25) is 0 Å². The van der Waals surface area contributed by atoms with E-state index in [2.05, 4.69) is 39.9 Å². The lowest BCUT2D eigenvalue weighted by molar-refractivity contribution is -0.164. The van der Waals surface area contributed by atoms with Crippen molar-refractivity contribution >= 4 is 5.97 Å². The van der Waals surface area contributed by atoms with E-state index in [1.165, 1.54) is 0 Å². The standard InChI is InChI=1S/C16H31NO2/c1-8-9-14(2,3)13(18)19-12-10-15(4,5)17-16(6,7)11-12/h12,17H,8-11H2,1-7H3. The van der Waals surface area contributed by atoms with Gasteiger partial charge >= 0.3 is 5.97 Å². The zero-order valence-electron chi connectivity index (χ0n) is 13.7. The van der Waals surface area contributed by atoms with E-state index < -0.39 is 0 Å². The molecule has 0 atom stereocenters. The highest BCUT2D eigenvalue weighted by Crippen LogP contribution is 2.32. The minimum absolute atomic E-state index is 0.0155. The number of ether oxygens (including phenoxy) is 1. The fraction of sp³-hybridized carbons (Fsp3) is 0.938. The lowest BCUT2D eigenvalue weighted by Gasteiger charge is -2.46. The Hall–Kier alpha value is -0.570. The zero-order valence-corrected chi connectivity index (χ0v) is 13.7. The number of carbonyl (C=O) groups excluding carboxylic acids is 1. The molecule has 3 heteroatoms. The Morgan fingerprint density at radius 2 is 1.68 bits per heavy atom. The van der Waals surface area contributed by atoms with Gasteiger partial charge in [0.1, 0.15) is 6.10 Å². The van der Waals surface area contributed by atoms with Crippen molar-refractivity contribution < 1.29 is 9.53 Å². The van der Waals surface area contributed by atoms with Crippen molar-refractivity contribution in [3.05, 3.63) is 0 Å². The second-order valence-corrected chi connectivity index (χ2v) is 7.96. The van der Waals surface area contributed by atoms with Gasteiger partial charge in [0, 0.05) is 23.9 Å². The van der Waals surface area contributed by atoms with Gasteiger partial charge in [-0.05, 0) is 48.0 Å². The highest BCUT2D eigenvalue weighted by molar-refractivity contribution is 5.76. The van der Waals surface area contributed by atoms with Gasteiger partial charge in [-0.3, -0.25) is 4.79 Å². The number of piperidine rings is 1. The van der Waals surface area contributed by atoms with E-state index in [0.29, 0.717) is 0 Å². The predicted octanol–water partition coefficient (Wildman–Crippen LogP) is 3.67. The van der Waals surface area contributed by atoms with Crippen LogP contribution < -0.4 is 5.32 Å². The Morgan fingerprint density at radius 3 is 2.11 bits per heavy atom. The molecule has 19 heavy (non-hydrogen) atoms. The number of hydrogen-bond donors (Lipinski definition) is 1. The molecule has 0 aromatic rings. The van der Waals surface area contributed by atoms with Crippen LogP contribution in [0.15, 0.2) is 0 Å². The first-order valence-electron chi connectivity index (χ1n) is 7.48. The van der Waals surface area contributed by atoms with Crippen LogP contribution in [-0.2, 0) is 9.53 Å². The van der Waals surface area contributed by atoms with Crippen LogP contribution in [0.5, 0.6) is 0 Å². The molecule has 0 unspecified atom stereocenters. The molecule has 0 radical (unpaired) electrons. The van der Waals surface area contributed by atoms with Gasteiger partial charge < -0.3 is 10.1 Å². The molecule has 0 spiro atoms. The Balaban J connectivity index is 2.69. The maximum absolute atomic E-state index is 12.3. The second kappa shape index (κ2) is 5.43. The van der Waals surface area contributed by atoms with Crippen molar-refractivity contribution in [2.24, 2.45) is 5.41 Å². The largest absolute Gasteiger partial charge is 0.462 e. The first kappa shape index (κ1) is 16.5. The highest BCUT2D eigenvalue weighted by atomic mass is 16.5. The molecule has 3 nitrogen and oxygen atoms in total. The van der Waals surface area contributed by atoms with Crippen LogP contribution in [0.3, 0.4) is 0 Å². The summed E-state index contributed by atoms with van der Waals surface area (Å²) in [5.74, 6) is -0.0483. The van der Waals surface area contributed by atoms with Crippen LogP contribution >= 0.6 is 0 Å². The third-order valence-electron chi connectivity index (χ3n) is 3.85. The van der Waals surface area contributed by atoms with Crippen molar-refractivity contribution in [1.29, 1.82) is 0 Å². The van der Waals surface area contributed by atoms with Crippen LogP contribution in [-0.4, -0.2) is 23.2 Å². The molecule has 1 N–H and O–H groups in total. The molecule has 0 aromatic carbocycles. The zero-order chi connectivity index (χ0) is 14.9. The molecular weight excluding hydrogens is 238 g/mol. The average molecular weight is 269 g/mol. The van der Waals surface area contributed by atoms with E-state index in [-0.39, 0.29) is 28.6 Å². The van der Waals surface area contributed by atoms with Crippen LogP contribution in [0.2, 0.25) is 0 Å². The van der Waals surface area contributed by atoms with Crippen LogP contribution in [0.25, 0.3) is 0 Å². The van der Waals surface area contributed by atoms with Crippen molar-refractivity contribution in [1.82, 2.24) is 5.32 Å². The summed E-state index contributed by atoms with van der Waals surface area (Å²) in [7, 11) is 0. The summed E-state index contributed by atoms with van der Waals surface area (Å²) in [5.41, 5.74) is -0.336. The quantitative estimate of drug-likeness (QED) is 0.791. The monoisotopic (exact) mass is 269 g/mol. The molecular formula is C16H31NO2. The first-order valence-corrected chi connectivity index (χ1v) is 7.48. The van der Waals surface area contributed by atoms with Crippen molar-refractivity contribution in [2.45, 2.75) is 91.3 Å². The van der Waals surface area contributed by atoms with Crippen molar-refractivity contribution in [3.8, 4) is 0 Å². The topological polar surface area (TPSA) is 38.3 Å². The van der Waals surface area contributed by atoms with Crippen LogP contribution in [0.4, 0.5) is 0 Å². The summed E-state index contributed by atoms with van der Waals surface area (Å²) in [4.78, 5) is 12.3. The minimum Gasteiger partial charge on any atom is -0.462 e. The molecule has 0 aromatic heterocycles. The molecule has 0 amide bonds. The molecule has 1 heterocycles. The Morgan fingerprint density at radius 1 is 1.21 bits per heavy atom. The fourth-order valence-corrected chi connectivity index (χ4v) is 3.35. The Kier molecular flexibility index (Phi) is 4.71. The van der Waals surface area contributed by atoms with Crippen molar-refractivity contribution in [2.75, 3.05) is 0 Å². The molecule has 1 fully saturated rings. The molecule has 112 valence electrons. The number of esters is 1. The SMILES string of the molecule is CCCC(C)(C)C(=O)OC1CC(C)(C)NC(C)(C)C1. The number of carbonyl (C=O) groups is 1. The Bertz CT molecular complexity index is 316. The van der Waals surface area contributed by atoms with Gasteiger partial charge in [0.05, 0.1) is 5.41 Å². The normalized spacial score (nSPS) is 23.1. The summed E-state index contributed by atoms with van der Waals surface area (Å²) in [5, 5.41) is 3.61. The molecule has 1 saturated heterocycles. The van der Waals surface area contributed by atoms with Crippen LogP contribution in [0.1, 0.15) is 74.1 Å². The number of rotatable bonds is 4. The maximum Gasteiger partial charge on any atom is 0.311 e. The predicted molar refractivity (Wildman–Crippen MR) is 79.1 cm³/mol. The maximum atomic E-state index is 12.3. The van der Waals surface area contributed by atoms with Crippen molar-refractivity contribution in [3.63, 3.8) is 0 Å². The number of nitrogens with one attached hydrogen (secondary N) is 1. The molecule has 0 saturated carbocycles. The van der Waals surface area contributed by atoms with E-state index in [9.17, 15) is 4.79 Å². The molecule has 0 bridgehead atoms. The molecule has 1 aliphatic rings. The molecule has 1 aliphatic heterocycles. The van der Waals surface area contributed by atoms with Gasteiger partial charge in [-0.25, -0.2) is 0 Å². The lowest BCUT2D eigenvalue weighted by atomic mass is 9.80. The van der Waals surface area contributed by atoms with E-state index >= 15 is 0 Å². The van der Waals surface area contributed by atoms with E-state index in [4.69, 9.17) is 4.74 Å². The fourth-order valence-electron chi connectivity index (χ4n) is 3.35. The summed E-state index contributed by atoms with van der Waals surface area (Å²) in [6.07, 6.45) is 3.67. The summed E-state index contributed by atoms with van der Waals surface area (Å²) < 4.78 is 5.80. The van der Waals surface area contributed by atoms with E-state index in [1.807, 2.05) is 13.8 Å².